The van der Waals surface area contributed by atoms with Crippen molar-refractivity contribution in [1.82, 2.24) is 5.32 Å². The number of nitrogens with zero attached hydrogens (tertiary/aromatic N) is 1. The molecule has 2 amide bonds. The van der Waals surface area contributed by atoms with Gasteiger partial charge in [0.25, 0.3) is 5.91 Å². The molecule has 1 aromatic rings. The van der Waals surface area contributed by atoms with Crippen LogP contribution in [-0.4, -0.2) is 48.6 Å². The number of rotatable bonds is 7. The average molecular weight is 418 g/mol. The number of ketones is 1. The lowest BCUT2D eigenvalue weighted by Crippen LogP contribution is -2.53. The van der Waals surface area contributed by atoms with Gasteiger partial charge in [-0.15, -0.1) is 0 Å². The highest BCUT2D eigenvalue weighted by Gasteiger charge is 2.51. The van der Waals surface area contributed by atoms with Gasteiger partial charge in [0.2, 0.25) is 5.91 Å². The number of amides is 2. The minimum absolute atomic E-state index is 0.0672. The van der Waals surface area contributed by atoms with Crippen LogP contribution in [0.25, 0.3) is 0 Å². The molecule has 1 aromatic carbocycles. The number of halogens is 4. The molecule has 1 N–H and O–H groups in total. The number of ether oxygens (including phenoxy) is 1. The van der Waals surface area contributed by atoms with Crippen LogP contribution in [0.5, 0.6) is 5.75 Å². The first-order valence-electron chi connectivity index (χ1n) is 8.93. The summed E-state index contributed by atoms with van der Waals surface area (Å²) in [4.78, 5) is 37.9. The maximum absolute atomic E-state index is 13.3. The smallest absolute Gasteiger partial charge is 0.310 e. The number of hydrogen-bond donors (Lipinski definition) is 1. The van der Waals surface area contributed by atoms with Gasteiger partial charge in [-0.25, -0.2) is 8.78 Å². The minimum atomic E-state index is -4.35. The van der Waals surface area contributed by atoms with Gasteiger partial charge in [-0.05, 0) is 19.1 Å². The van der Waals surface area contributed by atoms with Crippen LogP contribution in [-0.2, 0) is 14.4 Å². The Hall–Kier alpha value is -2.65. The largest absolute Gasteiger partial charge is 0.486 e. The maximum Gasteiger partial charge on any atom is 0.310 e. The zero-order valence-electron chi connectivity index (χ0n) is 16.2. The van der Waals surface area contributed by atoms with Crippen molar-refractivity contribution in [3.63, 3.8) is 0 Å². The molecule has 2 atom stereocenters. The molecule has 0 bridgehead atoms. The van der Waals surface area contributed by atoms with E-state index in [1.807, 2.05) is 0 Å². The quantitative estimate of drug-likeness (QED) is 0.546. The third kappa shape index (κ3) is 5.24. The predicted molar refractivity (Wildman–Crippen MR) is 96.3 cm³/mol. The molecule has 0 spiro atoms. The lowest BCUT2D eigenvalue weighted by molar-refractivity contribution is -0.201. The minimum Gasteiger partial charge on any atom is -0.486 e. The third-order valence-electron chi connectivity index (χ3n) is 4.64. The number of likely N-dealkylation sites (N-methyl/N-ethyl adjacent to an activating group) is 1. The summed E-state index contributed by atoms with van der Waals surface area (Å²) >= 11 is 0. The molecule has 0 fully saturated rings. The Kier molecular flexibility index (Phi) is 6.54. The summed E-state index contributed by atoms with van der Waals surface area (Å²) in [5, 5.41) is 2.37. The van der Waals surface area contributed by atoms with Crippen LogP contribution in [0.2, 0.25) is 0 Å². The Bertz CT molecular complexity index is 795. The van der Waals surface area contributed by atoms with Gasteiger partial charge in [0, 0.05) is 26.8 Å². The van der Waals surface area contributed by atoms with E-state index < -0.39 is 60.9 Å². The molecule has 2 rings (SSSR count). The van der Waals surface area contributed by atoms with E-state index in [2.05, 4.69) is 5.32 Å². The van der Waals surface area contributed by atoms with Crippen LogP contribution in [0.15, 0.2) is 24.3 Å². The van der Waals surface area contributed by atoms with Gasteiger partial charge in [0.05, 0.1) is 12.1 Å². The van der Waals surface area contributed by atoms with E-state index in [0.29, 0.717) is 11.4 Å². The summed E-state index contributed by atoms with van der Waals surface area (Å²) < 4.78 is 57.8. The first kappa shape index (κ1) is 22.6. The standard InChI is InChI=1S/C19H22F4N2O4/c1-11-16(17(28)25(3)13-6-4-5-7-14(13)29-11)24-15(27)10-12(26)8-9-19(22,23)18(2,20)21/h4-7,11,16H,8-10H2,1-3H3,(H,24,27)/t11-,16+/m1/s1. The van der Waals surface area contributed by atoms with Crippen LogP contribution in [0.1, 0.15) is 33.1 Å². The summed E-state index contributed by atoms with van der Waals surface area (Å²) in [6.45, 7) is 1.63. The Morgan fingerprint density at radius 2 is 1.83 bits per heavy atom. The van der Waals surface area contributed by atoms with Crippen molar-refractivity contribution in [3.8, 4) is 5.75 Å². The molecule has 29 heavy (non-hydrogen) atoms. The van der Waals surface area contributed by atoms with E-state index in [4.69, 9.17) is 4.74 Å². The average Bonchev–Trinajstić information content (AvgIpc) is 2.70. The van der Waals surface area contributed by atoms with Gasteiger partial charge in [0.1, 0.15) is 23.7 Å². The molecule has 10 heteroatoms. The van der Waals surface area contributed by atoms with Gasteiger partial charge in [-0.1, -0.05) is 12.1 Å². The van der Waals surface area contributed by atoms with E-state index in [0.717, 1.165) is 0 Å². The van der Waals surface area contributed by atoms with Gasteiger partial charge >= 0.3 is 11.8 Å². The molecule has 160 valence electrons. The molecular weight excluding hydrogens is 396 g/mol. The SMILES string of the molecule is C[C@H]1Oc2ccccc2N(C)C(=O)[C@H]1NC(=O)CC(=O)CCC(F)(F)C(C)(F)F. The Morgan fingerprint density at radius 1 is 1.21 bits per heavy atom. The number of anilines is 1. The second kappa shape index (κ2) is 8.38. The molecule has 0 aliphatic carbocycles. The van der Waals surface area contributed by atoms with Crippen LogP contribution in [0.4, 0.5) is 23.2 Å². The Morgan fingerprint density at radius 3 is 2.45 bits per heavy atom. The molecule has 1 aliphatic heterocycles. The van der Waals surface area contributed by atoms with Crippen molar-refractivity contribution in [2.75, 3.05) is 11.9 Å². The highest BCUT2D eigenvalue weighted by Crippen LogP contribution is 2.37. The highest BCUT2D eigenvalue weighted by molar-refractivity contribution is 6.03. The topological polar surface area (TPSA) is 75.7 Å². The maximum atomic E-state index is 13.3. The van der Waals surface area contributed by atoms with E-state index >= 15 is 0 Å². The second-order valence-electron chi connectivity index (χ2n) is 7.04. The number of carbonyl (C=O) groups excluding carboxylic acids is 3. The normalized spacial score (nSPS) is 19.8. The van der Waals surface area contributed by atoms with E-state index in [9.17, 15) is 31.9 Å². The third-order valence-corrected chi connectivity index (χ3v) is 4.64. The zero-order chi connectivity index (χ0) is 22.0. The molecule has 0 saturated carbocycles. The van der Waals surface area contributed by atoms with Crippen LogP contribution in [0.3, 0.4) is 0 Å². The molecule has 1 aliphatic rings. The summed E-state index contributed by atoms with van der Waals surface area (Å²) in [5.74, 6) is -10.5. The van der Waals surface area contributed by atoms with Crippen molar-refractivity contribution < 1.29 is 36.7 Å². The molecule has 6 nitrogen and oxygen atoms in total. The number of para-hydroxylation sites is 2. The summed E-state index contributed by atoms with van der Waals surface area (Å²) in [5.41, 5.74) is 0.500. The second-order valence-corrected chi connectivity index (χ2v) is 7.04. The summed E-state index contributed by atoms with van der Waals surface area (Å²) in [6, 6.07) is 5.64. The number of fused-ring (bicyclic) bond motifs is 1. The number of carbonyl (C=O) groups is 3. The lowest BCUT2D eigenvalue weighted by Gasteiger charge is -2.24. The number of alkyl halides is 4. The number of Topliss-reactive ketones (excluding diaryl/α,β-unsaturated/α-hetero) is 1. The molecule has 1 heterocycles. The van der Waals surface area contributed by atoms with Gasteiger partial charge in [-0.3, -0.25) is 14.4 Å². The van der Waals surface area contributed by atoms with Crippen molar-refractivity contribution in [3.05, 3.63) is 24.3 Å². The Balaban J connectivity index is 1.98. The monoisotopic (exact) mass is 418 g/mol. The molecular formula is C19H22F4N2O4. The van der Waals surface area contributed by atoms with Crippen molar-refractivity contribution in [2.24, 2.45) is 0 Å². The Labute approximate surface area is 165 Å². The van der Waals surface area contributed by atoms with E-state index in [-0.39, 0.29) is 6.92 Å². The van der Waals surface area contributed by atoms with Crippen molar-refractivity contribution in [1.29, 1.82) is 0 Å². The van der Waals surface area contributed by atoms with Crippen LogP contribution >= 0.6 is 0 Å². The first-order chi connectivity index (χ1) is 13.3. The number of hydrogen-bond acceptors (Lipinski definition) is 4. The molecule has 0 unspecified atom stereocenters. The van der Waals surface area contributed by atoms with E-state index in [1.54, 1.807) is 31.2 Å². The van der Waals surface area contributed by atoms with Crippen LogP contribution < -0.4 is 15.0 Å². The highest BCUT2D eigenvalue weighted by atomic mass is 19.3. The zero-order valence-corrected chi connectivity index (χ0v) is 16.2. The van der Waals surface area contributed by atoms with E-state index in [1.165, 1.54) is 11.9 Å². The van der Waals surface area contributed by atoms with Crippen molar-refractivity contribution >= 4 is 23.3 Å². The lowest BCUT2D eigenvalue weighted by atomic mass is 10.0. The first-order valence-corrected chi connectivity index (χ1v) is 8.93. The fraction of sp³-hybridized carbons (Fsp3) is 0.526. The predicted octanol–water partition coefficient (Wildman–Crippen LogP) is 2.95. The summed E-state index contributed by atoms with van der Waals surface area (Å²) in [7, 11) is 1.50. The molecule has 0 saturated heterocycles. The number of nitrogens with one attached hydrogen (secondary N) is 1. The van der Waals surface area contributed by atoms with Gasteiger partial charge in [0.15, 0.2) is 0 Å². The number of benzene rings is 1. The molecule has 0 aromatic heterocycles. The summed E-state index contributed by atoms with van der Waals surface area (Å²) in [6.07, 6.45) is -3.84. The van der Waals surface area contributed by atoms with Gasteiger partial charge in [-0.2, -0.15) is 8.78 Å². The fourth-order valence-corrected chi connectivity index (χ4v) is 2.82. The van der Waals surface area contributed by atoms with Gasteiger partial charge < -0.3 is 15.0 Å². The van der Waals surface area contributed by atoms with Crippen LogP contribution in [0, 0.1) is 0 Å². The molecule has 0 radical (unpaired) electrons. The van der Waals surface area contributed by atoms with Crippen molar-refractivity contribution in [2.45, 2.75) is 57.1 Å². The fourth-order valence-electron chi connectivity index (χ4n) is 2.82.